The van der Waals surface area contributed by atoms with Gasteiger partial charge in [0, 0.05) is 41.3 Å². The fraction of sp³-hybridized carbons (Fsp3) is 0.433. The van der Waals surface area contributed by atoms with Crippen LogP contribution in [0.3, 0.4) is 0 Å². The third-order valence-corrected chi connectivity index (χ3v) is 8.92. The van der Waals surface area contributed by atoms with Gasteiger partial charge in [-0.1, -0.05) is 54.2 Å². The molecule has 1 saturated carbocycles. The van der Waals surface area contributed by atoms with Crippen molar-refractivity contribution >= 4 is 35.1 Å². The molecule has 1 aliphatic heterocycles. The van der Waals surface area contributed by atoms with Gasteiger partial charge in [0.25, 0.3) is 5.91 Å². The number of piperidine rings is 1. The van der Waals surface area contributed by atoms with Crippen molar-refractivity contribution in [1.82, 2.24) is 20.2 Å². The maximum atomic E-state index is 13.9. The molecule has 2 aromatic carbocycles. The van der Waals surface area contributed by atoms with Crippen molar-refractivity contribution in [3.05, 3.63) is 86.9 Å². The van der Waals surface area contributed by atoms with Crippen LogP contribution in [0.5, 0.6) is 0 Å². The number of likely N-dealkylation sites (tertiary alicyclic amines) is 1. The summed E-state index contributed by atoms with van der Waals surface area (Å²) in [7, 11) is 4.18. The Hall–Kier alpha value is -2.74. The van der Waals surface area contributed by atoms with Crippen LogP contribution < -0.4 is 10.2 Å². The van der Waals surface area contributed by atoms with Crippen LogP contribution in [0, 0.1) is 5.82 Å². The van der Waals surface area contributed by atoms with Crippen LogP contribution in [0.4, 0.5) is 10.3 Å². The highest BCUT2D eigenvalue weighted by Crippen LogP contribution is 2.47. The number of halogens is 3. The standard InChI is InChI=1S/C30H34Cl2FN5O/c1-37-15-11-24(12-16-37)38(2)29-35-19-25(28(39)34-18-20-5-8-22(31)17-26(20)32)27(36-29)30(13-3-4-14-30)21-6-9-23(33)10-7-21/h5-10,17,19,24H,3-4,11-16,18H2,1-2H3,(H,34,39). The Morgan fingerprint density at radius 2 is 1.82 bits per heavy atom. The van der Waals surface area contributed by atoms with E-state index in [-0.39, 0.29) is 18.3 Å². The highest BCUT2D eigenvalue weighted by atomic mass is 35.5. The Bertz CT molecular complexity index is 1320. The van der Waals surface area contributed by atoms with Gasteiger partial charge < -0.3 is 15.1 Å². The summed E-state index contributed by atoms with van der Waals surface area (Å²) in [5.41, 5.74) is 2.39. The van der Waals surface area contributed by atoms with Gasteiger partial charge >= 0.3 is 0 Å². The molecule has 0 unspecified atom stereocenters. The van der Waals surface area contributed by atoms with Crippen molar-refractivity contribution in [3.63, 3.8) is 0 Å². The van der Waals surface area contributed by atoms with Gasteiger partial charge in [-0.05, 0) is 81.2 Å². The summed E-state index contributed by atoms with van der Waals surface area (Å²) < 4.78 is 13.9. The molecule has 0 spiro atoms. The molecule has 5 rings (SSSR count). The number of hydrogen-bond donors (Lipinski definition) is 1. The minimum Gasteiger partial charge on any atom is -0.348 e. The molecular formula is C30H34Cl2FN5O. The van der Waals surface area contributed by atoms with E-state index < -0.39 is 5.41 Å². The first kappa shape index (κ1) is 27.8. The van der Waals surface area contributed by atoms with Crippen molar-refractivity contribution in [3.8, 4) is 0 Å². The number of amides is 1. The third-order valence-electron chi connectivity index (χ3n) is 8.33. The Morgan fingerprint density at radius 3 is 2.49 bits per heavy atom. The zero-order valence-corrected chi connectivity index (χ0v) is 23.9. The lowest BCUT2D eigenvalue weighted by atomic mass is 9.74. The molecule has 1 aromatic heterocycles. The third kappa shape index (κ3) is 5.91. The molecule has 2 fully saturated rings. The Morgan fingerprint density at radius 1 is 1.13 bits per heavy atom. The summed E-state index contributed by atoms with van der Waals surface area (Å²) in [6.07, 6.45) is 7.38. The van der Waals surface area contributed by atoms with E-state index in [9.17, 15) is 9.18 Å². The molecule has 1 aliphatic carbocycles. The summed E-state index contributed by atoms with van der Waals surface area (Å²) in [5, 5.41) is 4.04. The van der Waals surface area contributed by atoms with Gasteiger partial charge in [-0.25, -0.2) is 14.4 Å². The van der Waals surface area contributed by atoms with Crippen LogP contribution in [-0.2, 0) is 12.0 Å². The zero-order chi connectivity index (χ0) is 27.6. The van der Waals surface area contributed by atoms with Gasteiger partial charge in [0.2, 0.25) is 5.95 Å². The minimum atomic E-state index is -0.496. The predicted molar refractivity (Wildman–Crippen MR) is 154 cm³/mol. The molecule has 39 heavy (non-hydrogen) atoms. The summed E-state index contributed by atoms with van der Waals surface area (Å²) in [6, 6.07) is 12.2. The fourth-order valence-corrected chi connectivity index (χ4v) is 6.44. The molecule has 2 heterocycles. The van der Waals surface area contributed by atoms with E-state index in [1.807, 2.05) is 19.2 Å². The predicted octanol–water partition coefficient (Wildman–Crippen LogP) is 6.24. The van der Waals surface area contributed by atoms with Crippen molar-refractivity contribution < 1.29 is 9.18 Å². The highest BCUT2D eigenvalue weighted by molar-refractivity contribution is 6.35. The smallest absolute Gasteiger partial charge is 0.255 e. The molecule has 6 nitrogen and oxygen atoms in total. The molecule has 1 N–H and O–H groups in total. The summed E-state index contributed by atoms with van der Waals surface area (Å²) in [4.78, 5) is 28.0. The average molecular weight is 571 g/mol. The highest BCUT2D eigenvalue weighted by Gasteiger charge is 2.42. The van der Waals surface area contributed by atoms with Gasteiger partial charge in [-0.3, -0.25) is 4.79 Å². The van der Waals surface area contributed by atoms with E-state index in [0.717, 1.165) is 62.7 Å². The average Bonchev–Trinajstić information content (AvgIpc) is 3.44. The lowest BCUT2D eigenvalue weighted by Gasteiger charge is -2.36. The van der Waals surface area contributed by atoms with Gasteiger partial charge in [0.1, 0.15) is 5.82 Å². The summed E-state index contributed by atoms with van der Waals surface area (Å²) in [6.45, 7) is 2.29. The molecule has 3 aromatic rings. The molecule has 1 saturated heterocycles. The first-order chi connectivity index (χ1) is 18.8. The van der Waals surface area contributed by atoms with Gasteiger partial charge in [0.05, 0.1) is 11.3 Å². The second-order valence-electron chi connectivity index (χ2n) is 10.8. The second-order valence-corrected chi connectivity index (χ2v) is 11.6. The molecule has 0 atom stereocenters. The van der Waals surface area contributed by atoms with Gasteiger partial charge in [0.15, 0.2) is 0 Å². The molecule has 0 radical (unpaired) electrons. The van der Waals surface area contributed by atoms with Gasteiger partial charge in [-0.2, -0.15) is 0 Å². The van der Waals surface area contributed by atoms with Gasteiger partial charge in [-0.15, -0.1) is 0 Å². The Balaban J connectivity index is 1.52. The van der Waals surface area contributed by atoms with E-state index in [1.54, 1.807) is 24.4 Å². The van der Waals surface area contributed by atoms with E-state index in [1.165, 1.54) is 12.1 Å². The monoisotopic (exact) mass is 569 g/mol. The van der Waals surface area contributed by atoms with Crippen LogP contribution in [0.15, 0.2) is 48.7 Å². The normalized spacial score (nSPS) is 17.8. The molecule has 9 heteroatoms. The lowest BCUT2D eigenvalue weighted by molar-refractivity contribution is 0.0947. The number of rotatable bonds is 7. The number of nitrogens with zero attached hydrogens (tertiary/aromatic N) is 4. The zero-order valence-electron chi connectivity index (χ0n) is 22.4. The first-order valence-electron chi connectivity index (χ1n) is 13.5. The SMILES string of the molecule is CN1CCC(N(C)c2ncc(C(=O)NCc3ccc(Cl)cc3Cl)c(C3(c4ccc(F)cc4)CCCC3)n2)CC1. The topological polar surface area (TPSA) is 61.4 Å². The first-order valence-corrected chi connectivity index (χ1v) is 14.3. The number of benzene rings is 2. The Labute approximate surface area is 239 Å². The number of nitrogens with one attached hydrogen (secondary N) is 1. The van der Waals surface area contributed by atoms with Crippen LogP contribution in [-0.4, -0.2) is 54.0 Å². The van der Waals surface area contributed by atoms with Crippen LogP contribution in [0.2, 0.25) is 10.0 Å². The molecule has 1 amide bonds. The summed E-state index contributed by atoms with van der Waals surface area (Å²) in [5.74, 6) is 0.0678. The molecule has 2 aliphatic rings. The van der Waals surface area contributed by atoms with Crippen LogP contribution in [0.1, 0.15) is 65.7 Å². The number of aromatic nitrogens is 2. The maximum Gasteiger partial charge on any atom is 0.255 e. The van der Waals surface area contributed by atoms with E-state index in [0.29, 0.717) is 33.3 Å². The quantitative estimate of drug-likeness (QED) is 0.364. The fourth-order valence-electron chi connectivity index (χ4n) is 5.96. The summed E-state index contributed by atoms with van der Waals surface area (Å²) >= 11 is 12.4. The van der Waals surface area contributed by atoms with Crippen LogP contribution in [0.25, 0.3) is 0 Å². The molecule has 0 bridgehead atoms. The number of carbonyl (C=O) groups excluding carboxylic acids is 1. The van der Waals surface area contributed by atoms with Crippen LogP contribution >= 0.6 is 23.2 Å². The van der Waals surface area contributed by atoms with Crippen molar-refractivity contribution in [1.29, 1.82) is 0 Å². The van der Waals surface area contributed by atoms with Crippen molar-refractivity contribution in [2.75, 3.05) is 32.1 Å². The largest absolute Gasteiger partial charge is 0.348 e. The van der Waals surface area contributed by atoms with E-state index in [2.05, 4.69) is 27.1 Å². The molecular weight excluding hydrogens is 536 g/mol. The number of carbonyl (C=O) groups is 1. The number of anilines is 1. The van der Waals surface area contributed by atoms with Crippen molar-refractivity contribution in [2.24, 2.45) is 0 Å². The number of hydrogen-bond acceptors (Lipinski definition) is 5. The maximum absolute atomic E-state index is 13.9. The minimum absolute atomic E-state index is 0.245. The lowest BCUT2D eigenvalue weighted by Crippen LogP contribution is -2.43. The Kier molecular flexibility index (Phi) is 8.40. The molecule has 206 valence electrons. The van der Waals surface area contributed by atoms with E-state index in [4.69, 9.17) is 28.2 Å². The van der Waals surface area contributed by atoms with Crippen molar-refractivity contribution in [2.45, 2.75) is 56.5 Å². The van der Waals surface area contributed by atoms with E-state index >= 15 is 0 Å². The second kappa shape index (κ2) is 11.8.